The first-order valence-corrected chi connectivity index (χ1v) is 7.53. The van der Waals surface area contributed by atoms with Crippen LogP contribution in [0.15, 0.2) is 59.1 Å². The summed E-state index contributed by atoms with van der Waals surface area (Å²) in [4.78, 5) is 26.2. The van der Waals surface area contributed by atoms with E-state index in [9.17, 15) is 14.9 Å². The van der Waals surface area contributed by atoms with Crippen LogP contribution in [0.25, 0.3) is 11.3 Å². The fourth-order valence-electron chi connectivity index (χ4n) is 2.10. The molecule has 0 aliphatic carbocycles. The quantitative estimate of drug-likeness (QED) is 0.384. The van der Waals surface area contributed by atoms with Crippen LogP contribution in [-0.4, -0.2) is 15.9 Å². The van der Waals surface area contributed by atoms with Gasteiger partial charge < -0.3 is 9.15 Å². The highest BCUT2D eigenvalue weighted by Crippen LogP contribution is 2.24. The number of nitrogens with zero attached hydrogens (tertiary/aromatic N) is 2. The van der Waals surface area contributed by atoms with Crippen molar-refractivity contribution in [3.05, 3.63) is 81.3 Å². The van der Waals surface area contributed by atoms with Gasteiger partial charge in [0.2, 0.25) is 5.89 Å². The summed E-state index contributed by atoms with van der Waals surface area (Å²) in [6, 6.07) is 12.9. The number of hydrogen-bond acceptors (Lipinski definition) is 6. The minimum absolute atomic E-state index is 0.0297. The molecule has 25 heavy (non-hydrogen) atoms. The molecule has 0 unspecified atom stereocenters. The number of benzene rings is 2. The van der Waals surface area contributed by atoms with E-state index in [0.29, 0.717) is 5.76 Å². The zero-order chi connectivity index (χ0) is 17.8. The van der Waals surface area contributed by atoms with Crippen LogP contribution < -0.4 is 0 Å². The maximum atomic E-state index is 12.1. The number of non-ortho nitro benzene ring substituents is 1. The lowest BCUT2D eigenvalue weighted by atomic mass is 10.2. The second kappa shape index (κ2) is 7.14. The molecule has 8 heteroatoms. The summed E-state index contributed by atoms with van der Waals surface area (Å²) in [5.74, 6) is 0.0598. The van der Waals surface area contributed by atoms with Crippen LogP contribution in [0.1, 0.15) is 16.2 Å². The van der Waals surface area contributed by atoms with E-state index in [2.05, 4.69) is 4.98 Å². The number of esters is 1. The predicted octanol–water partition coefficient (Wildman–Crippen LogP) is 4.26. The number of nitro benzene ring substituents is 1. The van der Waals surface area contributed by atoms with Crippen molar-refractivity contribution in [2.24, 2.45) is 0 Å². The lowest BCUT2D eigenvalue weighted by Gasteiger charge is -2.04. The smallest absolute Gasteiger partial charge is 0.340 e. The van der Waals surface area contributed by atoms with E-state index in [1.807, 2.05) is 30.3 Å². The summed E-state index contributed by atoms with van der Waals surface area (Å²) in [5, 5.41) is 10.6. The van der Waals surface area contributed by atoms with E-state index >= 15 is 0 Å². The molecule has 0 saturated heterocycles. The van der Waals surface area contributed by atoms with Gasteiger partial charge in [0, 0.05) is 17.7 Å². The van der Waals surface area contributed by atoms with Crippen LogP contribution in [0.2, 0.25) is 5.02 Å². The van der Waals surface area contributed by atoms with E-state index < -0.39 is 10.9 Å². The normalized spacial score (nSPS) is 10.4. The number of carbonyl (C=O) groups excluding carboxylic acids is 1. The minimum atomic E-state index is -0.723. The van der Waals surface area contributed by atoms with Crippen LogP contribution in [-0.2, 0) is 11.3 Å². The van der Waals surface area contributed by atoms with E-state index in [0.717, 1.165) is 11.6 Å². The van der Waals surface area contributed by atoms with Crippen LogP contribution in [0, 0.1) is 10.1 Å². The number of hydrogen-bond donors (Lipinski definition) is 0. The highest BCUT2D eigenvalue weighted by atomic mass is 35.5. The molecule has 126 valence electrons. The molecule has 0 aliphatic heterocycles. The minimum Gasteiger partial charge on any atom is -0.452 e. The van der Waals surface area contributed by atoms with Gasteiger partial charge >= 0.3 is 5.97 Å². The maximum Gasteiger partial charge on any atom is 0.340 e. The highest BCUT2D eigenvalue weighted by Gasteiger charge is 2.17. The average molecular weight is 359 g/mol. The molecule has 0 bridgehead atoms. The second-order valence-corrected chi connectivity index (χ2v) is 5.39. The Hall–Kier alpha value is -3.19. The Bertz CT molecular complexity index is 924. The molecule has 0 atom stereocenters. The monoisotopic (exact) mass is 358 g/mol. The standard InChI is InChI=1S/C17H11ClN2O5/c18-14-8-12(20(22)23)6-7-13(14)17(21)24-10-16-19-9-15(25-16)11-4-2-1-3-5-11/h1-9H,10H2. The summed E-state index contributed by atoms with van der Waals surface area (Å²) >= 11 is 5.89. The van der Waals surface area contributed by atoms with Gasteiger partial charge in [-0.1, -0.05) is 41.9 Å². The number of ether oxygens (including phenoxy) is 1. The third-order valence-corrected chi connectivity index (χ3v) is 3.63. The van der Waals surface area contributed by atoms with Crippen molar-refractivity contribution in [2.45, 2.75) is 6.61 Å². The summed E-state index contributed by atoms with van der Waals surface area (Å²) < 4.78 is 10.6. The molecular formula is C17H11ClN2O5. The van der Waals surface area contributed by atoms with Gasteiger partial charge in [0.15, 0.2) is 12.4 Å². The van der Waals surface area contributed by atoms with Crippen LogP contribution in [0.4, 0.5) is 5.69 Å². The van der Waals surface area contributed by atoms with Gasteiger partial charge in [0.1, 0.15) is 0 Å². The van der Waals surface area contributed by atoms with E-state index in [1.165, 1.54) is 18.3 Å². The lowest BCUT2D eigenvalue weighted by Crippen LogP contribution is -2.06. The molecule has 0 N–H and O–H groups in total. The maximum absolute atomic E-state index is 12.1. The number of carbonyl (C=O) groups is 1. The Morgan fingerprint density at radius 2 is 2.00 bits per heavy atom. The number of rotatable bonds is 5. The molecule has 2 aromatic carbocycles. The van der Waals surface area contributed by atoms with Crippen molar-refractivity contribution in [1.29, 1.82) is 0 Å². The van der Waals surface area contributed by atoms with Crippen molar-refractivity contribution in [3.63, 3.8) is 0 Å². The van der Waals surface area contributed by atoms with Gasteiger partial charge in [0.25, 0.3) is 5.69 Å². The van der Waals surface area contributed by atoms with Crippen LogP contribution in [0.3, 0.4) is 0 Å². The van der Waals surface area contributed by atoms with Gasteiger partial charge in [-0.05, 0) is 6.07 Å². The molecule has 0 amide bonds. The van der Waals surface area contributed by atoms with Crippen molar-refractivity contribution in [1.82, 2.24) is 4.98 Å². The Kier molecular flexibility index (Phi) is 4.76. The number of oxazole rings is 1. The third kappa shape index (κ3) is 3.84. The van der Waals surface area contributed by atoms with Gasteiger partial charge in [-0.3, -0.25) is 10.1 Å². The number of nitro groups is 1. The second-order valence-electron chi connectivity index (χ2n) is 4.98. The van der Waals surface area contributed by atoms with E-state index in [1.54, 1.807) is 0 Å². The summed E-state index contributed by atoms with van der Waals surface area (Å²) in [7, 11) is 0. The molecule has 0 saturated carbocycles. The first-order chi connectivity index (χ1) is 12.0. The van der Waals surface area contributed by atoms with Crippen molar-refractivity contribution >= 4 is 23.3 Å². The largest absolute Gasteiger partial charge is 0.452 e. The molecule has 0 fully saturated rings. The zero-order valence-corrected chi connectivity index (χ0v) is 13.5. The SMILES string of the molecule is O=C(OCc1ncc(-c2ccccc2)o1)c1ccc([N+](=O)[O-])cc1Cl. The van der Waals surface area contributed by atoms with Crippen molar-refractivity contribution < 1.29 is 18.9 Å². The molecule has 0 radical (unpaired) electrons. The van der Waals surface area contributed by atoms with Crippen LogP contribution in [0.5, 0.6) is 0 Å². The Morgan fingerprint density at radius 1 is 1.24 bits per heavy atom. The molecule has 1 heterocycles. The Balaban J connectivity index is 1.67. The van der Waals surface area contributed by atoms with Gasteiger partial charge in [-0.15, -0.1) is 0 Å². The van der Waals surface area contributed by atoms with Gasteiger partial charge in [0.05, 0.1) is 21.7 Å². The number of aromatic nitrogens is 1. The zero-order valence-electron chi connectivity index (χ0n) is 12.7. The molecule has 0 aliphatic rings. The summed E-state index contributed by atoms with van der Waals surface area (Å²) in [6.45, 7) is -0.182. The van der Waals surface area contributed by atoms with Crippen molar-refractivity contribution in [2.75, 3.05) is 0 Å². The first kappa shape index (κ1) is 16.7. The van der Waals surface area contributed by atoms with Crippen LogP contribution >= 0.6 is 11.6 Å². The van der Waals surface area contributed by atoms with Crippen molar-refractivity contribution in [3.8, 4) is 11.3 Å². The molecular weight excluding hydrogens is 348 g/mol. The number of halogens is 1. The topological polar surface area (TPSA) is 95.5 Å². The van der Waals surface area contributed by atoms with E-state index in [-0.39, 0.29) is 28.8 Å². The van der Waals surface area contributed by atoms with E-state index in [4.69, 9.17) is 20.8 Å². The molecule has 7 nitrogen and oxygen atoms in total. The first-order valence-electron chi connectivity index (χ1n) is 7.16. The molecule has 3 rings (SSSR count). The Morgan fingerprint density at radius 3 is 2.68 bits per heavy atom. The van der Waals surface area contributed by atoms with Gasteiger partial charge in [-0.25, -0.2) is 9.78 Å². The highest BCUT2D eigenvalue weighted by molar-refractivity contribution is 6.33. The summed E-state index contributed by atoms with van der Waals surface area (Å²) in [5.41, 5.74) is 0.676. The fraction of sp³-hybridized carbons (Fsp3) is 0.0588. The fourth-order valence-corrected chi connectivity index (χ4v) is 2.35. The Labute approximate surface area is 147 Å². The predicted molar refractivity (Wildman–Crippen MR) is 89.2 cm³/mol. The molecule has 0 spiro atoms. The third-order valence-electron chi connectivity index (χ3n) is 3.32. The average Bonchev–Trinajstić information content (AvgIpc) is 3.09. The van der Waals surface area contributed by atoms with Gasteiger partial charge in [-0.2, -0.15) is 0 Å². The summed E-state index contributed by atoms with van der Waals surface area (Å²) in [6.07, 6.45) is 1.54. The molecule has 1 aromatic heterocycles. The molecule has 3 aromatic rings. The lowest BCUT2D eigenvalue weighted by molar-refractivity contribution is -0.384.